The van der Waals surface area contributed by atoms with Crippen molar-refractivity contribution >= 4 is 11.9 Å². The molecule has 5 nitrogen and oxygen atoms in total. The van der Waals surface area contributed by atoms with Crippen molar-refractivity contribution < 1.29 is 14.3 Å². The number of nitrogens with two attached hydrogens (primary N) is 1. The summed E-state index contributed by atoms with van der Waals surface area (Å²) < 4.78 is 5.08. The van der Waals surface area contributed by atoms with Crippen molar-refractivity contribution in [2.75, 3.05) is 13.2 Å². The van der Waals surface area contributed by atoms with E-state index in [0.29, 0.717) is 26.0 Å². The average molecular weight is 441 g/mol. The molecule has 0 aromatic heterocycles. The van der Waals surface area contributed by atoms with Crippen LogP contribution in [0.25, 0.3) is 0 Å². The van der Waals surface area contributed by atoms with Crippen LogP contribution in [0.5, 0.6) is 0 Å². The minimum absolute atomic E-state index is 0.0412. The molecular formula is C26H52N2O3. The van der Waals surface area contributed by atoms with Gasteiger partial charge in [0.25, 0.3) is 0 Å². The molecule has 31 heavy (non-hydrogen) atoms. The van der Waals surface area contributed by atoms with Crippen molar-refractivity contribution in [1.82, 2.24) is 5.32 Å². The van der Waals surface area contributed by atoms with Crippen LogP contribution >= 0.6 is 0 Å². The smallest absolute Gasteiger partial charge is 0.328 e. The zero-order valence-corrected chi connectivity index (χ0v) is 20.7. The summed E-state index contributed by atoms with van der Waals surface area (Å²) in [6, 6.07) is -0.532. The van der Waals surface area contributed by atoms with Crippen LogP contribution in [0.2, 0.25) is 0 Å². The quantitative estimate of drug-likeness (QED) is 0.142. The van der Waals surface area contributed by atoms with E-state index < -0.39 is 6.04 Å². The molecule has 5 heteroatoms. The molecule has 0 aliphatic heterocycles. The van der Waals surface area contributed by atoms with Gasteiger partial charge < -0.3 is 15.8 Å². The van der Waals surface area contributed by atoms with Crippen LogP contribution in [-0.2, 0) is 14.3 Å². The molecule has 3 N–H and O–H groups in total. The minimum atomic E-state index is -0.532. The number of unbranched alkanes of at least 4 members (excludes halogenated alkanes) is 15. The monoisotopic (exact) mass is 440 g/mol. The highest BCUT2D eigenvalue weighted by Gasteiger charge is 2.21. The van der Waals surface area contributed by atoms with Gasteiger partial charge in [0, 0.05) is 6.42 Å². The Balaban J connectivity index is 3.59. The van der Waals surface area contributed by atoms with E-state index in [1.54, 1.807) is 6.92 Å². The van der Waals surface area contributed by atoms with Crippen molar-refractivity contribution in [3.05, 3.63) is 0 Å². The molecule has 0 rings (SSSR count). The van der Waals surface area contributed by atoms with Gasteiger partial charge >= 0.3 is 5.97 Å². The fourth-order valence-electron chi connectivity index (χ4n) is 3.91. The van der Waals surface area contributed by atoms with Crippen LogP contribution in [0.3, 0.4) is 0 Å². The Morgan fingerprint density at radius 1 is 0.710 bits per heavy atom. The Kier molecular flexibility index (Phi) is 22.7. The SMILES string of the molecule is CCCCCCCCCCCCCCCCCC(=O)NC(CCCCN)C(=O)OCC. The van der Waals surface area contributed by atoms with Crippen LogP contribution in [0.4, 0.5) is 0 Å². The van der Waals surface area contributed by atoms with Gasteiger partial charge in [0.1, 0.15) is 6.04 Å². The van der Waals surface area contributed by atoms with Gasteiger partial charge in [-0.25, -0.2) is 4.79 Å². The topological polar surface area (TPSA) is 81.4 Å². The lowest BCUT2D eigenvalue weighted by Gasteiger charge is -2.17. The van der Waals surface area contributed by atoms with Gasteiger partial charge in [0.2, 0.25) is 5.91 Å². The highest BCUT2D eigenvalue weighted by molar-refractivity contribution is 5.84. The summed E-state index contributed by atoms with van der Waals surface area (Å²) in [7, 11) is 0. The summed E-state index contributed by atoms with van der Waals surface area (Å²) in [4.78, 5) is 24.2. The van der Waals surface area contributed by atoms with E-state index in [2.05, 4.69) is 12.2 Å². The number of ether oxygens (including phenoxy) is 1. The zero-order valence-electron chi connectivity index (χ0n) is 20.7. The number of hydrogen-bond acceptors (Lipinski definition) is 4. The second-order valence-corrected chi connectivity index (χ2v) is 8.86. The molecule has 0 aliphatic carbocycles. The molecule has 0 spiro atoms. The maximum atomic E-state index is 12.2. The van der Waals surface area contributed by atoms with Gasteiger partial charge in [0.05, 0.1) is 6.61 Å². The first-order valence-electron chi connectivity index (χ1n) is 13.3. The Hall–Kier alpha value is -1.10. The molecule has 1 unspecified atom stereocenters. The molecule has 1 amide bonds. The Morgan fingerprint density at radius 3 is 1.65 bits per heavy atom. The lowest BCUT2D eigenvalue weighted by Crippen LogP contribution is -2.41. The Labute approximate surface area is 192 Å². The van der Waals surface area contributed by atoms with Crippen LogP contribution in [-0.4, -0.2) is 31.1 Å². The predicted molar refractivity (Wildman–Crippen MR) is 131 cm³/mol. The molecule has 184 valence electrons. The van der Waals surface area contributed by atoms with Crippen molar-refractivity contribution in [2.45, 2.75) is 142 Å². The van der Waals surface area contributed by atoms with E-state index in [4.69, 9.17) is 10.5 Å². The van der Waals surface area contributed by atoms with Crippen molar-refractivity contribution in [2.24, 2.45) is 5.73 Å². The van der Waals surface area contributed by atoms with Gasteiger partial charge in [-0.15, -0.1) is 0 Å². The minimum Gasteiger partial charge on any atom is -0.464 e. The molecule has 0 aromatic carbocycles. The first kappa shape index (κ1) is 29.9. The molecule has 0 bridgehead atoms. The summed E-state index contributed by atoms with van der Waals surface area (Å²) in [5.74, 6) is -0.370. The molecule has 0 heterocycles. The van der Waals surface area contributed by atoms with E-state index in [1.807, 2.05) is 0 Å². The van der Waals surface area contributed by atoms with E-state index in [-0.39, 0.29) is 11.9 Å². The number of amides is 1. The second-order valence-electron chi connectivity index (χ2n) is 8.86. The van der Waals surface area contributed by atoms with Crippen LogP contribution in [0.1, 0.15) is 136 Å². The zero-order chi connectivity index (χ0) is 23.0. The third-order valence-corrected chi connectivity index (χ3v) is 5.86. The largest absolute Gasteiger partial charge is 0.464 e. The molecule has 1 atom stereocenters. The summed E-state index contributed by atoms with van der Waals surface area (Å²) >= 11 is 0. The second kappa shape index (κ2) is 23.6. The molecular weight excluding hydrogens is 388 g/mol. The molecule has 0 aliphatic rings. The van der Waals surface area contributed by atoms with E-state index in [1.165, 1.54) is 83.5 Å². The average Bonchev–Trinajstić information content (AvgIpc) is 2.76. The van der Waals surface area contributed by atoms with E-state index in [0.717, 1.165) is 25.7 Å². The molecule has 0 saturated heterocycles. The van der Waals surface area contributed by atoms with E-state index in [9.17, 15) is 9.59 Å². The third-order valence-electron chi connectivity index (χ3n) is 5.86. The normalized spacial score (nSPS) is 12.0. The van der Waals surface area contributed by atoms with Crippen LogP contribution < -0.4 is 11.1 Å². The summed E-state index contributed by atoms with van der Waals surface area (Å²) in [6.45, 7) is 4.99. The molecule has 0 saturated carbocycles. The van der Waals surface area contributed by atoms with Gasteiger partial charge in [-0.1, -0.05) is 96.8 Å². The summed E-state index contributed by atoms with van der Waals surface area (Å²) in [5.41, 5.74) is 5.52. The number of rotatable bonds is 23. The number of esters is 1. The van der Waals surface area contributed by atoms with Crippen LogP contribution in [0.15, 0.2) is 0 Å². The number of carbonyl (C=O) groups is 2. The lowest BCUT2D eigenvalue weighted by atomic mass is 10.0. The van der Waals surface area contributed by atoms with Crippen molar-refractivity contribution in [3.8, 4) is 0 Å². The number of hydrogen-bond donors (Lipinski definition) is 2. The fraction of sp³-hybridized carbons (Fsp3) is 0.923. The highest BCUT2D eigenvalue weighted by Crippen LogP contribution is 2.14. The first-order valence-corrected chi connectivity index (χ1v) is 13.3. The molecule has 0 aromatic rings. The Morgan fingerprint density at radius 2 is 1.19 bits per heavy atom. The standard InChI is InChI=1S/C26H52N2O3/c1-3-5-6-7-8-9-10-11-12-13-14-15-16-17-18-22-25(29)28-24(21-19-20-23-27)26(30)31-4-2/h24H,3-23,27H2,1-2H3,(H,28,29). The predicted octanol–water partition coefficient (Wildman–Crippen LogP) is 6.42. The summed E-state index contributed by atoms with van der Waals surface area (Å²) in [6.07, 6.45) is 22.4. The number of nitrogens with one attached hydrogen (secondary N) is 1. The van der Waals surface area contributed by atoms with Gasteiger partial charge in [-0.3, -0.25) is 4.79 Å². The van der Waals surface area contributed by atoms with E-state index >= 15 is 0 Å². The van der Waals surface area contributed by atoms with Gasteiger partial charge in [-0.2, -0.15) is 0 Å². The van der Waals surface area contributed by atoms with Gasteiger partial charge in [-0.05, 0) is 39.2 Å². The molecule has 0 radical (unpaired) electrons. The van der Waals surface area contributed by atoms with Crippen LogP contribution in [0, 0.1) is 0 Å². The summed E-state index contributed by atoms with van der Waals surface area (Å²) in [5, 5.41) is 2.86. The van der Waals surface area contributed by atoms with Crippen molar-refractivity contribution in [3.63, 3.8) is 0 Å². The number of carbonyl (C=O) groups excluding carboxylic acids is 2. The highest BCUT2D eigenvalue weighted by atomic mass is 16.5. The van der Waals surface area contributed by atoms with Crippen molar-refractivity contribution in [1.29, 1.82) is 0 Å². The van der Waals surface area contributed by atoms with Gasteiger partial charge in [0.15, 0.2) is 0 Å². The molecule has 0 fully saturated rings. The maximum absolute atomic E-state index is 12.2. The maximum Gasteiger partial charge on any atom is 0.328 e. The Bertz CT molecular complexity index is 415. The fourth-order valence-corrected chi connectivity index (χ4v) is 3.91. The lowest BCUT2D eigenvalue weighted by molar-refractivity contribution is -0.147. The third kappa shape index (κ3) is 20.6. The first-order chi connectivity index (χ1) is 15.2.